The van der Waals surface area contributed by atoms with Gasteiger partial charge in [0.15, 0.2) is 6.39 Å². The van der Waals surface area contributed by atoms with Gasteiger partial charge in [0.1, 0.15) is 11.5 Å². The second-order valence-electron chi connectivity index (χ2n) is 2.85. The minimum atomic E-state index is 0.372. The number of allylic oxidation sites excluding steroid dienone is 2. The predicted octanol–water partition coefficient (Wildman–Crippen LogP) is 3.00. The van der Waals surface area contributed by atoms with E-state index < -0.39 is 0 Å². The van der Waals surface area contributed by atoms with Gasteiger partial charge in [-0.2, -0.15) is 0 Å². The molecule has 12 heavy (non-hydrogen) atoms. The van der Waals surface area contributed by atoms with Gasteiger partial charge in [0.05, 0.1) is 0 Å². The van der Waals surface area contributed by atoms with Gasteiger partial charge in [-0.15, -0.1) is 0 Å². The molecule has 0 fully saturated rings. The monoisotopic (exact) mass is 163 g/mol. The molecule has 1 aromatic heterocycles. The average Bonchev–Trinajstić information content (AvgIpc) is 2.48. The standard InChI is InChI=1S/C10H13NO/c1-4-5-6-9-10(8(2)3)12-7-11-9/h4-8H,1H2,2-3H3/b6-5-. The first-order valence-electron chi connectivity index (χ1n) is 3.98. The van der Waals surface area contributed by atoms with E-state index in [0.717, 1.165) is 11.5 Å². The van der Waals surface area contributed by atoms with E-state index in [4.69, 9.17) is 4.42 Å². The molecule has 0 aliphatic carbocycles. The lowest BCUT2D eigenvalue weighted by molar-refractivity contribution is 0.481. The topological polar surface area (TPSA) is 26.0 Å². The van der Waals surface area contributed by atoms with Crippen molar-refractivity contribution in [2.24, 2.45) is 0 Å². The van der Waals surface area contributed by atoms with Gasteiger partial charge in [-0.3, -0.25) is 0 Å². The van der Waals surface area contributed by atoms with Crippen LogP contribution < -0.4 is 0 Å². The maximum absolute atomic E-state index is 5.23. The molecule has 0 amide bonds. The smallest absolute Gasteiger partial charge is 0.181 e. The fourth-order valence-electron chi connectivity index (χ4n) is 0.980. The zero-order valence-electron chi connectivity index (χ0n) is 7.45. The largest absolute Gasteiger partial charge is 0.448 e. The molecule has 0 bridgehead atoms. The minimum Gasteiger partial charge on any atom is -0.448 e. The molecule has 2 nitrogen and oxygen atoms in total. The van der Waals surface area contributed by atoms with Crippen LogP contribution >= 0.6 is 0 Å². The Bertz CT molecular complexity index is 284. The molecule has 0 saturated heterocycles. The maximum Gasteiger partial charge on any atom is 0.181 e. The Morgan fingerprint density at radius 3 is 2.92 bits per heavy atom. The Balaban J connectivity index is 2.91. The van der Waals surface area contributed by atoms with Crippen molar-refractivity contribution in [1.29, 1.82) is 0 Å². The normalized spacial score (nSPS) is 11.2. The summed E-state index contributed by atoms with van der Waals surface area (Å²) in [4.78, 5) is 4.07. The average molecular weight is 163 g/mol. The molecular weight excluding hydrogens is 150 g/mol. The van der Waals surface area contributed by atoms with Crippen LogP contribution in [0.15, 0.2) is 29.5 Å². The van der Waals surface area contributed by atoms with E-state index in [-0.39, 0.29) is 0 Å². The molecule has 0 aliphatic heterocycles. The Morgan fingerprint density at radius 1 is 1.58 bits per heavy atom. The highest BCUT2D eigenvalue weighted by Crippen LogP contribution is 2.18. The predicted molar refractivity (Wildman–Crippen MR) is 49.8 cm³/mol. The van der Waals surface area contributed by atoms with Crippen LogP contribution in [0.1, 0.15) is 31.2 Å². The number of oxazole rings is 1. The summed E-state index contributed by atoms with van der Waals surface area (Å²) in [5.41, 5.74) is 0.893. The third kappa shape index (κ3) is 1.84. The molecule has 1 heterocycles. The summed E-state index contributed by atoms with van der Waals surface area (Å²) in [6, 6.07) is 0. The van der Waals surface area contributed by atoms with Gasteiger partial charge < -0.3 is 4.42 Å². The Morgan fingerprint density at radius 2 is 2.33 bits per heavy atom. The molecule has 0 aliphatic rings. The van der Waals surface area contributed by atoms with Gasteiger partial charge in [0.25, 0.3) is 0 Å². The fourth-order valence-corrected chi connectivity index (χ4v) is 0.980. The summed E-state index contributed by atoms with van der Waals surface area (Å²) < 4.78 is 5.23. The van der Waals surface area contributed by atoms with Crippen LogP contribution in [-0.4, -0.2) is 4.98 Å². The van der Waals surface area contributed by atoms with Gasteiger partial charge in [-0.25, -0.2) is 4.98 Å². The van der Waals surface area contributed by atoms with E-state index in [1.807, 2.05) is 12.2 Å². The van der Waals surface area contributed by atoms with Crippen molar-refractivity contribution in [1.82, 2.24) is 4.98 Å². The van der Waals surface area contributed by atoms with Gasteiger partial charge in [0.2, 0.25) is 0 Å². The van der Waals surface area contributed by atoms with Gasteiger partial charge >= 0.3 is 0 Å². The van der Waals surface area contributed by atoms with Crippen LogP contribution in [0.2, 0.25) is 0 Å². The van der Waals surface area contributed by atoms with Crippen molar-refractivity contribution < 1.29 is 4.42 Å². The second kappa shape index (κ2) is 3.90. The third-order valence-corrected chi connectivity index (χ3v) is 1.54. The zero-order chi connectivity index (χ0) is 8.97. The molecular formula is C10H13NO. The van der Waals surface area contributed by atoms with Crippen LogP contribution in [0.4, 0.5) is 0 Å². The van der Waals surface area contributed by atoms with E-state index in [2.05, 4.69) is 25.4 Å². The van der Waals surface area contributed by atoms with Crippen LogP contribution in [0.3, 0.4) is 0 Å². The summed E-state index contributed by atoms with van der Waals surface area (Å²) in [6.07, 6.45) is 6.94. The molecule has 0 aromatic carbocycles. The van der Waals surface area contributed by atoms with Crippen LogP contribution in [0.5, 0.6) is 0 Å². The van der Waals surface area contributed by atoms with E-state index in [1.165, 1.54) is 6.39 Å². The summed E-state index contributed by atoms with van der Waals surface area (Å²) in [7, 11) is 0. The first-order valence-corrected chi connectivity index (χ1v) is 3.98. The lowest BCUT2D eigenvalue weighted by atomic mass is 10.1. The van der Waals surface area contributed by atoms with Crippen molar-refractivity contribution in [2.75, 3.05) is 0 Å². The lowest BCUT2D eigenvalue weighted by Gasteiger charge is -1.98. The molecule has 0 atom stereocenters. The minimum absolute atomic E-state index is 0.372. The summed E-state index contributed by atoms with van der Waals surface area (Å²) >= 11 is 0. The highest BCUT2D eigenvalue weighted by molar-refractivity contribution is 5.48. The molecule has 0 N–H and O–H groups in total. The van der Waals surface area contributed by atoms with Gasteiger partial charge in [0, 0.05) is 5.92 Å². The van der Waals surface area contributed by atoms with Gasteiger partial charge in [-0.05, 0) is 6.08 Å². The van der Waals surface area contributed by atoms with E-state index in [1.54, 1.807) is 6.08 Å². The van der Waals surface area contributed by atoms with Crippen molar-refractivity contribution in [3.8, 4) is 0 Å². The first-order chi connectivity index (χ1) is 5.75. The fraction of sp³-hybridized carbons (Fsp3) is 0.300. The molecule has 0 saturated carbocycles. The number of rotatable bonds is 3. The zero-order valence-corrected chi connectivity index (χ0v) is 7.45. The van der Waals surface area contributed by atoms with Crippen LogP contribution in [-0.2, 0) is 0 Å². The molecule has 64 valence electrons. The van der Waals surface area contributed by atoms with Crippen molar-refractivity contribution in [3.05, 3.63) is 36.6 Å². The van der Waals surface area contributed by atoms with Crippen LogP contribution in [0.25, 0.3) is 6.08 Å². The summed E-state index contributed by atoms with van der Waals surface area (Å²) in [6.45, 7) is 7.74. The maximum atomic E-state index is 5.23. The number of hydrogen-bond donors (Lipinski definition) is 0. The van der Waals surface area contributed by atoms with Crippen LogP contribution in [0, 0.1) is 0 Å². The highest BCUT2D eigenvalue weighted by atomic mass is 16.3. The molecule has 0 spiro atoms. The van der Waals surface area contributed by atoms with Gasteiger partial charge in [-0.1, -0.05) is 32.6 Å². The number of nitrogens with zero attached hydrogens (tertiary/aromatic N) is 1. The first kappa shape index (κ1) is 8.78. The van der Waals surface area contributed by atoms with E-state index in [0.29, 0.717) is 5.92 Å². The van der Waals surface area contributed by atoms with Crippen molar-refractivity contribution in [2.45, 2.75) is 19.8 Å². The van der Waals surface area contributed by atoms with E-state index in [9.17, 15) is 0 Å². The quantitative estimate of drug-likeness (QED) is 0.640. The van der Waals surface area contributed by atoms with E-state index >= 15 is 0 Å². The highest BCUT2D eigenvalue weighted by Gasteiger charge is 2.08. The van der Waals surface area contributed by atoms with Crippen molar-refractivity contribution in [3.63, 3.8) is 0 Å². The molecule has 1 rings (SSSR count). The molecule has 0 unspecified atom stereocenters. The summed E-state index contributed by atoms with van der Waals surface area (Å²) in [5, 5.41) is 0. The number of aromatic nitrogens is 1. The second-order valence-corrected chi connectivity index (χ2v) is 2.85. The SMILES string of the molecule is C=C/C=C\c1ncoc1C(C)C. The Kier molecular flexibility index (Phi) is 2.86. The lowest BCUT2D eigenvalue weighted by Crippen LogP contribution is -1.86. The summed E-state index contributed by atoms with van der Waals surface area (Å²) in [5.74, 6) is 1.30. The Hall–Kier alpha value is -1.31. The Labute approximate surface area is 72.6 Å². The molecule has 1 aromatic rings. The van der Waals surface area contributed by atoms with Crippen molar-refractivity contribution >= 4 is 6.08 Å². The molecule has 0 radical (unpaired) electrons. The molecule has 2 heteroatoms. The third-order valence-electron chi connectivity index (χ3n) is 1.54. The number of hydrogen-bond acceptors (Lipinski definition) is 2.